The molecule has 2 amide bonds. The summed E-state index contributed by atoms with van der Waals surface area (Å²) >= 11 is 3.46. The quantitative estimate of drug-likeness (QED) is 0.342. The smallest absolute Gasteiger partial charge is 0.262 e. The van der Waals surface area contributed by atoms with Gasteiger partial charge in [-0.15, -0.1) is 0 Å². The fourth-order valence-corrected chi connectivity index (χ4v) is 3.32. The Labute approximate surface area is 196 Å². The van der Waals surface area contributed by atoms with E-state index in [1.165, 1.54) is 0 Å². The van der Waals surface area contributed by atoms with Crippen molar-refractivity contribution in [2.45, 2.75) is 19.8 Å². The molecule has 0 radical (unpaired) electrons. The van der Waals surface area contributed by atoms with Crippen molar-refractivity contribution in [3.05, 3.63) is 82.8 Å². The molecule has 0 fully saturated rings. The minimum absolute atomic E-state index is 0.110. The molecular weight excluding hydrogens is 472 g/mol. The lowest BCUT2D eigenvalue weighted by Gasteiger charge is -2.11. The van der Waals surface area contributed by atoms with E-state index in [0.29, 0.717) is 35.0 Å². The molecule has 32 heavy (non-hydrogen) atoms. The fraction of sp³-hybridized carbons (Fsp3) is 0.200. The van der Waals surface area contributed by atoms with Gasteiger partial charge in [-0.25, -0.2) is 0 Å². The Bertz CT molecular complexity index is 1060. The second kappa shape index (κ2) is 11.9. The highest BCUT2D eigenvalue weighted by Gasteiger charge is 2.11. The van der Waals surface area contributed by atoms with E-state index >= 15 is 0 Å². The lowest BCUT2D eigenvalue weighted by Crippen LogP contribution is -2.20. The molecule has 0 aliphatic heterocycles. The predicted molar refractivity (Wildman–Crippen MR) is 130 cm³/mol. The van der Waals surface area contributed by atoms with Gasteiger partial charge >= 0.3 is 0 Å². The van der Waals surface area contributed by atoms with Crippen molar-refractivity contribution >= 4 is 39.1 Å². The van der Waals surface area contributed by atoms with Crippen molar-refractivity contribution in [2.24, 2.45) is 0 Å². The number of carbonyl (C=O) groups excluding carboxylic acids is 2. The van der Waals surface area contributed by atoms with Crippen LogP contribution in [0.2, 0.25) is 0 Å². The van der Waals surface area contributed by atoms with Crippen molar-refractivity contribution in [1.29, 1.82) is 0 Å². The summed E-state index contributed by atoms with van der Waals surface area (Å²) in [6, 6.07) is 21.3. The van der Waals surface area contributed by atoms with E-state index in [1.807, 2.05) is 18.2 Å². The standard InChI is InChI=1S/C25H25BrN2O4/c1-2-3-14-31-23-13-12-18(15-22(23)26)25(30)28-20-9-7-8-19(16-20)27-24(29)17-32-21-10-5-4-6-11-21/h4-13,15-16H,2-3,14,17H2,1H3,(H,27,29)(H,28,30). The Hall–Kier alpha value is -3.32. The van der Waals surface area contributed by atoms with E-state index in [9.17, 15) is 9.59 Å². The number of anilines is 2. The fourth-order valence-electron chi connectivity index (χ4n) is 2.83. The number of hydrogen-bond acceptors (Lipinski definition) is 4. The second-order valence-electron chi connectivity index (χ2n) is 7.03. The van der Waals surface area contributed by atoms with E-state index in [2.05, 4.69) is 33.5 Å². The average Bonchev–Trinajstić information content (AvgIpc) is 2.80. The van der Waals surface area contributed by atoms with Gasteiger partial charge in [-0.1, -0.05) is 37.6 Å². The molecular formula is C25H25BrN2O4. The van der Waals surface area contributed by atoms with Gasteiger partial charge in [-0.05, 0) is 70.9 Å². The second-order valence-corrected chi connectivity index (χ2v) is 7.89. The van der Waals surface area contributed by atoms with Crippen LogP contribution in [0.15, 0.2) is 77.3 Å². The summed E-state index contributed by atoms with van der Waals surface area (Å²) in [7, 11) is 0. The molecule has 0 aliphatic carbocycles. The van der Waals surface area contributed by atoms with Crippen LogP contribution in [0.4, 0.5) is 11.4 Å². The van der Waals surface area contributed by atoms with Gasteiger partial charge in [0.15, 0.2) is 6.61 Å². The Morgan fingerprint density at radius 3 is 2.34 bits per heavy atom. The number of hydrogen-bond donors (Lipinski definition) is 2. The maximum atomic E-state index is 12.7. The molecule has 0 bridgehead atoms. The number of unbranched alkanes of at least 4 members (excludes halogenated alkanes) is 1. The van der Waals surface area contributed by atoms with Crippen LogP contribution in [-0.4, -0.2) is 25.0 Å². The number of benzene rings is 3. The van der Waals surface area contributed by atoms with Gasteiger partial charge in [0.2, 0.25) is 0 Å². The molecule has 0 heterocycles. The van der Waals surface area contributed by atoms with Crippen molar-refractivity contribution in [2.75, 3.05) is 23.8 Å². The van der Waals surface area contributed by atoms with Crippen LogP contribution in [-0.2, 0) is 4.79 Å². The molecule has 6 nitrogen and oxygen atoms in total. The number of para-hydroxylation sites is 1. The number of rotatable bonds is 10. The number of halogens is 1. The summed E-state index contributed by atoms with van der Waals surface area (Å²) < 4.78 is 11.9. The van der Waals surface area contributed by atoms with Gasteiger partial charge in [0.1, 0.15) is 11.5 Å². The molecule has 3 aromatic rings. The third-order valence-electron chi connectivity index (χ3n) is 4.47. The number of carbonyl (C=O) groups is 2. The molecule has 0 aromatic heterocycles. The van der Waals surface area contributed by atoms with Crippen molar-refractivity contribution in [3.8, 4) is 11.5 Å². The van der Waals surface area contributed by atoms with Gasteiger partial charge in [0, 0.05) is 16.9 Å². The highest BCUT2D eigenvalue weighted by Crippen LogP contribution is 2.27. The van der Waals surface area contributed by atoms with Gasteiger partial charge in [0.25, 0.3) is 11.8 Å². The SMILES string of the molecule is CCCCOc1ccc(C(=O)Nc2cccc(NC(=O)COc3ccccc3)c2)cc1Br. The van der Waals surface area contributed by atoms with Crippen LogP contribution in [0, 0.1) is 0 Å². The van der Waals surface area contributed by atoms with Gasteiger partial charge < -0.3 is 20.1 Å². The van der Waals surface area contributed by atoms with Crippen molar-refractivity contribution in [1.82, 2.24) is 0 Å². The summed E-state index contributed by atoms with van der Waals surface area (Å²) in [5.74, 6) is 0.774. The van der Waals surface area contributed by atoms with E-state index in [1.54, 1.807) is 54.6 Å². The minimum Gasteiger partial charge on any atom is -0.492 e. The van der Waals surface area contributed by atoms with Crippen LogP contribution in [0.1, 0.15) is 30.1 Å². The third-order valence-corrected chi connectivity index (χ3v) is 5.09. The number of amides is 2. The molecule has 0 aliphatic rings. The average molecular weight is 497 g/mol. The first-order valence-corrected chi connectivity index (χ1v) is 11.2. The summed E-state index contributed by atoms with van der Waals surface area (Å²) in [5, 5.41) is 5.61. The van der Waals surface area contributed by atoms with Crippen LogP contribution >= 0.6 is 15.9 Å². The summed E-state index contributed by atoms with van der Waals surface area (Å²) in [6.45, 7) is 2.63. The van der Waals surface area contributed by atoms with Crippen molar-refractivity contribution in [3.63, 3.8) is 0 Å². The molecule has 0 saturated carbocycles. The molecule has 0 atom stereocenters. The molecule has 0 spiro atoms. The van der Waals surface area contributed by atoms with Crippen LogP contribution in [0.3, 0.4) is 0 Å². The number of nitrogens with one attached hydrogen (secondary N) is 2. The van der Waals surface area contributed by atoms with E-state index in [0.717, 1.165) is 17.3 Å². The minimum atomic E-state index is -0.292. The number of ether oxygens (including phenoxy) is 2. The zero-order valence-corrected chi connectivity index (χ0v) is 19.4. The van der Waals surface area contributed by atoms with E-state index < -0.39 is 0 Å². The van der Waals surface area contributed by atoms with Gasteiger partial charge in [0.05, 0.1) is 11.1 Å². The van der Waals surface area contributed by atoms with Crippen LogP contribution in [0.5, 0.6) is 11.5 Å². The maximum absolute atomic E-state index is 12.7. The lowest BCUT2D eigenvalue weighted by molar-refractivity contribution is -0.118. The molecule has 3 rings (SSSR count). The van der Waals surface area contributed by atoms with E-state index in [4.69, 9.17) is 9.47 Å². The highest BCUT2D eigenvalue weighted by molar-refractivity contribution is 9.10. The first kappa shape index (κ1) is 23.3. The Kier molecular flexibility index (Phi) is 8.69. The first-order valence-electron chi connectivity index (χ1n) is 10.4. The van der Waals surface area contributed by atoms with Crippen LogP contribution < -0.4 is 20.1 Å². The topological polar surface area (TPSA) is 76.7 Å². The lowest BCUT2D eigenvalue weighted by atomic mass is 10.2. The molecule has 0 saturated heterocycles. The zero-order chi connectivity index (χ0) is 22.8. The molecule has 7 heteroatoms. The van der Waals surface area contributed by atoms with Gasteiger partial charge in [-0.2, -0.15) is 0 Å². The maximum Gasteiger partial charge on any atom is 0.262 e. The Morgan fingerprint density at radius 2 is 1.62 bits per heavy atom. The van der Waals surface area contributed by atoms with Gasteiger partial charge in [-0.3, -0.25) is 9.59 Å². The highest BCUT2D eigenvalue weighted by atomic mass is 79.9. The van der Waals surface area contributed by atoms with Crippen molar-refractivity contribution < 1.29 is 19.1 Å². The summed E-state index contributed by atoms with van der Waals surface area (Å²) in [4.78, 5) is 24.8. The predicted octanol–water partition coefficient (Wildman–Crippen LogP) is 5.90. The third kappa shape index (κ3) is 7.13. The summed E-state index contributed by atoms with van der Waals surface area (Å²) in [6.07, 6.45) is 2.03. The molecule has 0 unspecified atom stereocenters. The molecule has 2 N–H and O–H groups in total. The normalized spacial score (nSPS) is 10.3. The zero-order valence-electron chi connectivity index (χ0n) is 17.8. The summed E-state index contributed by atoms with van der Waals surface area (Å²) in [5.41, 5.74) is 1.62. The first-order chi connectivity index (χ1) is 15.5. The Balaban J connectivity index is 1.56. The monoisotopic (exact) mass is 496 g/mol. The largest absolute Gasteiger partial charge is 0.492 e. The van der Waals surface area contributed by atoms with Crippen LogP contribution in [0.25, 0.3) is 0 Å². The molecule has 3 aromatic carbocycles. The Morgan fingerprint density at radius 1 is 0.875 bits per heavy atom. The molecule has 166 valence electrons. The van der Waals surface area contributed by atoms with E-state index in [-0.39, 0.29) is 18.4 Å².